The Morgan fingerprint density at radius 2 is 2.25 bits per heavy atom. The third kappa shape index (κ3) is 4.65. The molecule has 1 aromatic carbocycles. The molecule has 1 rings (SSSR count). The molecule has 5 nitrogen and oxygen atoms in total. The molecular formula is C11H17N3O2. The highest BCUT2D eigenvalue weighted by Crippen LogP contribution is 2.11. The third-order valence-corrected chi connectivity index (χ3v) is 1.90. The molecule has 0 aliphatic heterocycles. The van der Waals surface area contributed by atoms with Crippen molar-refractivity contribution in [3.8, 4) is 0 Å². The molecule has 88 valence electrons. The Morgan fingerprint density at radius 3 is 2.88 bits per heavy atom. The molecule has 0 heterocycles. The number of hydrogen-bond acceptors (Lipinski definition) is 4. The first-order valence-corrected chi connectivity index (χ1v) is 5.02. The van der Waals surface area contributed by atoms with Crippen LogP contribution in [-0.2, 0) is 4.74 Å². The second kappa shape index (κ2) is 5.97. The molecule has 0 aromatic heterocycles. The Labute approximate surface area is 95.2 Å². The molecule has 0 atom stereocenters. The second-order valence-electron chi connectivity index (χ2n) is 3.69. The highest BCUT2D eigenvalue weighted by atomic mass is 16.5. The van der Waals surface area contributed by atoms with Crippen LogP contribution in [0.1, 0.15) is 0 Å². The van der Waals surface area contributed by atoms with Crippen molar-refractivity contribution in [3.63, 3.8) is 0 Å². The van der Waals surface area contributed by atoms with Gasteiger partial charge in [-0.2, -0.15) is 0 Å². The Kier molecular flexibility index (Phi) is 4.60. The van der Waals surface area contributed by atoms with Crippen molar-refractivity contribution in [1.82, 2.24) is 4.90 Å². The van der Waals surface area contributed by atoms with Crippen molar-refractivity contribution in [3.05, 3.63) is 24.3 Å². The van der Waals surface area contributed by atoms with Gasteiger partial charge >= 0.3 is 6.09 Å². The van der Waals surface area contributed by atoms with Gasteiger partial charge < -0.3 is 15.4 Å². The quantitative estimate of drug-likeness (QED) is 0.757. The monoisotopic (exact) mass is 223 g/mol. The van der Waals surface area contributed by atoms with Crippen LogP contribution in [0.4, 0.5) is 16.2 Å². The summed E-state index contributed by atoms with van der Waals surface area (Å²) < 4.78 is 4.96. The molecule has 0 unspecified atom stereocenters. The van der Waals surface area contributed by atoms with Crippen molar-refractivity contribution < 1.29 is 9.53 Å². The lowest BCUT2D eigenvalue weighted by atomic mass is 10.3. The van der Waals surface area contributed by atoms with E-state index >= 15 is 0 Å². The smallest absolute Gasteiger partial charge is 0.411 e. The molecule has 0 spiro atoms. The summed E-state index contributed by atoms with van der Waals surface area (Å²) in [6.45, 7) is 1.06. The maximum absolute atomic E-state index is 11.3. The van der Waals surface area contributed by atoms with Crippen LogP contribution >= 0.6 is 0 Å². The maximum atomic E-state index is 11.3. The van der Waals surface area contributed by atoms with Crippen molar-refractivity contribution >= 4 is 17.5 Å². The number of likely N-dealkylation sites (N-methyl/N-ethyl adjacent to an activating group) is 1. The number of nitrogen functional groups attached to an aromatic ring is 1. The predicted octanol–water partition coefficient (Wildman–Crippen LogP) is 1.38. The molecule has 0 bridgehead atoms. The van der Waals surface area contributed by atoms with Gasteiger partial charge in [0.25, 0.3) is 0 Å². The van der Waals surface area contributed by atoms with E-state index in [2.05, 4.69) is 5.32 Å². The topological polar surface area (TPSA) is 67.6 Å². The van der Waals surface area contributed by atoms with Gasteiger partial charge in [-0.05, 0) is 32.3 Å². The summed E-state index contributed by atoms with van der Waals surface area (Å²) in [6.07, 6.45) is -0.465. The molecule has 0 radical (unpaired) electrons. The summed E-state index contributed by atoms with van der Waals surface area (Å²) in [5.74, 6) is 0. The summed E-state index contributed by atoms with van der Waals surface area (Å²) in [5, 5.41) is 2.60. The first kappa shape index (κ1) is 12.3. The van der Waals surface area contributed by atoms with Crippen molar-refractivity contribution in [2.75, 3.05) is 38.3 Å². The average Bonchev–Trinajstić information content (AvgIpc) is 2.16. The number of nitrogens with zero attached hydrogens (tertiary/aromatic N) is 1. The van der Waals surface area contributed by atoms with E-state index in [1.165, 1.54) is 0 Å². The van der Waals surface area contributed by atoms with Gasteiger partial charge in [-0.25, -0.2) is 4.79 Å². The van der Waals surface area contributed by atoms with Crippen molar-refractivity contribution in [2.45, 2.75) is 0 Å². The number of nitrogens with one attached hydrogen (secondary N) is 1. The minimum Gasteiger partial charge on any atom is -0.448 e. The molecule has 5 heteroatoms. The number of hydrogen-bond donors (Lipinski definition) is 2. The molecule has 0 saturated carbocycles. The molecule has 3 N–H and O–H groups in total. The molecule has 0 aliphatic rings. The molecule has 1 aromatic rings. The first-order chi connectivity index (χ1) is 7.58. The number of amides is 1. The molecule has 0 aliphatic carbocycles. The normalized spacial score (nSPS) is 10.2. The van der Waals surface area contributed by atoms with E-state index in [4.69, 9.17) is 10.5 Å². The van der Waals surface area contributed by atoms with Crippen molar-refractivity contribution in [1.29, 1.82) is 0 Å². The van der Waals surface area contributed by atoms with Crippen molar-refractivity contribution in [2.24, 2.45) is 0 Å². The minimum atomic E-state index is -0.465. The highest BCUT2D eigenvalue weighted by Gasteiger charge is 2.02. The summed E-state index contributed by atoms with van der Waals surface area (Å²) in [4.78, 5) is 13.3. The van der Waals surface area contributed by atoms with E-state index in [0.29, 0.717) is 24.5 Å². The molecule has 16 heavy (non-hydrogen) atoms. The third-order valence-electron chi connectivity index (χ3n) is 1.90. The lowest BCUT2D eigenvalue weighted by Gasteiger charge is -2.10. The number of rotatable bonds is 4. The zero-order valence-corrected chi connectivity index (χ0v) is 9.56. The van der Waals surface area contributed by atoms with Crippen LogP contribution in [0.15, 0.2) is 24.3 Å². The van der Waals surface area contributed by atoms with E-state index in [9.17, 15) is 4.79 Å². The summed E-state index contributed by atoms with van der Waals surface area (Å²) in [7, 11) is 3.83. The number of ether oxygens (including phenoxy) is 1. The summed E-state index contributed by atoms with van der Waals surface area (Å²) in [6, 6.07) is 6.95. The SMILES string of the molecule is CN(C)CCOC(=O)Nc1cccc(N)c1. The van der Waals surface area contributed by atoms with Crippen LogP contribution < -0.4 is 11.1 Å². The van der Waals surface area contributed by atoms with Gasteiger partial charge in [0.05, 0.1) is 0 Å². The Balaban J connectivity index is 2.34. The highest BCUT2D eigenvalue weighted by molar-refractivity contribution is 5.85. The van der Waals surface area contributed by atoms with E-state index in [0.717, 1.165) is 0 Å². The van der Waals surface area contributed by atoms with Crippen LogP contribution in [-0.4, -0.2) is 38.2 Å². The van der Waals surface area contributed by atoms with Crippen LogP contribution in [0.25, 0.3) is 0 Å². The lowest BCUT2D eigenvalue weighted by molar-refractivity contribution is 0.151. The first-order valence-electron chi connectivity index (χ1n) is 5.02. The predicted molar refractivity (Wildman–Crippen MR) is 64.4 cm³/mol. The Morgan fingerprint density at radius 1 is 1.50 bits per heavy atom. The number of anilines is 2. The molecule has 1 amide bonds. The largest absolute Gasteiger partial charge is 0.448 e. The van der Waals surface area contributed by atoms with Gasteiger partial charge in [0.15, 0.2) is 0 Å². The summed E-state index contributed by atoms with van der Waals surface area (Å²) >= 11 is 0. The fourth-order valence-electron chi connectivity index (χ4n) is 1.09. The van der Waals surface area contributed by atoms with Gasteiger partial charge in [-0.15, -0.1) is 0 Å². The van der Waals surface area contributed by atoms with Gasteiger partial charge in [0.1, 0.15) is 6.61 Å². The van der Waals surface area contributed by atoms with Gasteiger partial charge in [0, 0.05) is 17.9 Å². The fourth-order valence-corrected chi connectivity index (χ4v) is 1.09. The van der Waals surface area contributed by atoms with Gasteiger partial charge in [0.2, 0.25) is 0 Å². The average molecular weight is 223 g/mol. The zero-order valence-electron chi connectivity index (χ0n) is 9.56. The molecule has 0 saturated heterocycles. The van der Waals surface area contributed by atoms with Gasteiger partial charge in [-0.1, -0.05) is 6.07 Å². The van der Waals surface area contributed by atoms with E-state index in [1.807, 2.05) is 19.0 Å². The maximum Gasteiger partial charge on any atom is 0.411 e. The van der Waals surface area contributed by atoms with Gasteiger partial charge in [-0.3, -0.25) is 5.32 Å². The van der Waals surface area contributed by atoms with Crippen LogP contribution in [0.3, 0.4) is 0 Å². The van der Waals surface area contributed by atoms with E-state index in [-0.39, 0.29) is 0 Å². The Bertz CT molecular complexity index is 353. The second-order valence-corrected chi connectivity index (χ2v) is 3.69. The van der Waals surface area contributed by atoms with E-state index in [1.54, 1.807) is 24.3 Å². The summed E-state index contributed by atoms with van der Waals surface area (Å²) in [5.41, 5.74) is 6.81. The number of carbonyl (C=O) groups excluding carboxylic acids is 1. The molecule has 0 fully saturated rings. The standard InChI is InChI=1S/C11H17N3O2/c1-14(2)6-7-16-11(15)13-10-5-3-4-9(12)8-10/h3-5,8H,6-7,12H2,1-2H3,(H,13,15). The van der Waals surface area contributed by atoms with Crippen LogP contribution in [0, 0.1) is 0 Å². The number of benzene rings is 1. The Hall–Kier alpha value is -1.75. The molecular weight excluding hydrogens is 206 g/mol. The lowest BCUT2D eigenvalue weighted by Crippen LogP contribution is -2.22. The minimum absolute atomic E-state index is 0.362. The fraction of sp³-hybridized carbons (Fsp3) is 0.364. The number of carbonyl (C=O) groups is 1. The zero-order chi connectivity index (χ0) is 12.0. The van der Waals surface area contributed by atoms with Crippen LogP contribution in [0.2, 0.25) is 0 Å². The number of nitrogens with two attached hydrogens (primary N) is 1. The van der Waals surface area contributed by atoms with Crippen LogP contribution in [0.5, 0.6) is 0 Å². The van der Waals surface area contributed by atoms with E-state index < -0.39 is 6.09 Å².